The topological polar surface area (TPSA) is 55.8 Å². The van der Waals surface area contributed by atoms with Crippen molar-refractivity contribution in [1.29, 1.82) is 0 Å². The molecule has 0 saturated carbocycles. The molecule has 0 aromatic rings. The molecule has 0 spiro atoms. The number of hydrogen-bond donors (Lipinski definition) is 0. The maximum absolute atomic E-state index is 11.6. The summed E-state index contributed by atoms with van der Waals surface area (Å²) in [6.07, 6.45) is 6.91. The number of allylic oxidation sites excluding steroid dienone is 2. The van der Waals surface area contributed by atoms with Gasteiger partial charge in [0.2, 0.25) is 0 Å². The lowest BCUT2D eigenvalue weighted by atomic mass is 10.2. The van der Waals surface area contributed by atoms with Crippen molar-refractivity contribution >= 4 is 12.1 Å². The van der Waals surface area contributed by atoms with Gasteiger partial charge in [-0.2, -0.15) is 0 Å². The number of ether oxygens (including phenoxy) is 2. The number of esters is 1. The van der Waals surface area contributed by atoms with Crippen molar-refractivity contribution in [3.8, 4) is 0 Å². The molecule has 5 heteroatoms. The summed E-state index contributed by atoms with van der Waals surface area (Å²) in [5.74, 6) is -0.454. The third kappa shape index (κ3) is 3.79. The lowest BCUT2D eigenvalue weighted by Crippen LogP contribution is -2.23. The molecule has 0 bridgehead atoms. The minimum Gasteiger partial charge on any atom is -0.465 e. The van der Waals surface area contributed by atoms with Crippen molar-refractivity contribution in [3.05, 3.63) is 36.2 Å². The summed E-state index contributed by atoms with van der Waals surface area (Å²) in [4.78, 5) is 24.1. The van der Waals surface area contributed by atoms with Crippen LogP contribution in [0, 0.1) is 0 Å². The number of methoxy groups -OCH3 is 1. The number of carbonyl (C=O) groups is 2. The molecule has 0 aromatic carbocycles. The largest absolute Gasteiger partial charge is 0.465 e. The van der Waals surface area contributed by atoms with Crippen LogP contribution < -0.4 is 0 Å². The summed E-state index contributed by atoms with van der Waals surface area (Å²) in [6.45, 7) is 3.53. The average molecular weight is 237 g/mol. The van der Waals surface area contributed by atoms with Crippen LogP contribution >= 0.6 is 0 Å². The van der Waals surface area contributed by atoms with Crippen LogP contribution in [0.3, 0.4) is 0 Å². The van der Waals surface area contributed by atoms with Crippen LogP contribution in [0.1, 0.15) is 13.8 Å². The molecule has 1 heterocycles. The van der Waals surface area contributed by atoms with Gasteiger partial charge in [-0.15, -0.1) is 0 Å². The zero-order valence-electron chi connectivity index (χ0n) is 10.0. The van der Waals surface area contributed by atoms with Crippen molar-refractivity contribution in [2.24, 2.45) is 0 Å². The number of carbonyl (C=O) groups excluding carboxylic acids is 2. The Kier molecular flexibility index (Phi) is 4.51. The Balaban J connectivity index is 2.72. The van der Waals surface area contributed by atoms with E-state index in [1.54, 1.807) is 26.0 Å². The summed E-state index contributed by atoms with van der Waals surface area (Å²) >= 11 is 0. The molecule has 1 aliphatic rings. The Morgan fingerprint density at radius 3 is 2.59 bits per heavy atom. The molecule has 0 atom stereocenters. The monoisotopic (exact) mass is 237 g/mol. The first-order valence-corrected chi connectivity index (χ1v) is 5.18. The Morgan fingerprint density at radius 1 is 1.29 bits per heavy atom. The van der Waals surface area contributed by atoms with Crippen LogP contribution in [0.5, 0.6) is 0 Å². The Labute approximate surface area is 100.0 Å². The van der Waals surface area contributed by atoms with Gasteiger partial charge in [-0.1, -0.05) is 0 Å². The van der Waals surface area contributed by atoms with Crippen LogP contribution in [0.25, 0.3) is 0 Å². The van der Waals surface area contributed by atoms with Crippen LogP contribution in [0.2, 0.25) is 0 Å². The maximum Gasteiger partial charge on any atom is 0.418 e. The van der Waals surface area contributed by atoms with Gasteiger partial charge in [0.05, 0.1) is 18.8 Å². The van der Waals surface area contributed by atoms with Gasteiger partial charge in [-0.25, -0.2) is 9.59 Å². The molecule has 17 heavy (non-hydrogen) atoms. The molecular formula is C12H15NO4. The van der Waals surface area contributed by atoms with Gasteiger partial charge in [0.1, 0.15) is 0 Å². The molecule has 0 N–H and O–H groups in total. The van der Waals surface area contributed by atoms with Crippen molar-refractivity contribution < 1.29 is 19.1 Å². The quantitative estimate of drug-likeness (QED) is 0.689. The van der Waals surface area contributed by atoms with E-state index in [9.17, 15) is 9.59 Å². The summed E-state index contributed by atoms with van der Waals surface area (Å²) in [7, 11) is 1.30. The smallest absolute Gasteiger partial charge is 0.418 e. The minimum absolute atomic E-state index is 0.194. The summed E-state index contributed by atoms with van der Waals surface area (Å²) in [5, 5.41) is 0. The van der Waals surface area contributed by atoms with E-state index >= 15 is 0 Å². The standard InChI is InChI=1S/C12H15NO4/c1-9(2)17-12(15)13-7-4-5-10(6-8-13)11(14)16-3/h4-9H,1-3H3. The first-order chi connectivity index (χ1) is 8.04. The molecule has 0 fully saturated rings. The van der Waals surface area contributed by atoms with E-state index in [2.05, 4.69) is 4.74 Å². The van der Waals surface area contributed by atoms with E-state index in [1.807, 2.05) is 0 Å². The third-order valence-electron chi connectivity index (χ3n) is 1.91. The van der Waals surface area contributed by atoms with E-state index in [0.29, 0.717) is 5.57 Å². The second kappa shape index (κ2) is 5.89. The van der Waals surface area contributed by atoms with Crippen molar-refractivity contribution in [2.75, 3.05) is 7.11 Å². The van der Waals surface area contributed by atoms with E-state index in [1.165, 1.54) is 30.5 Å². The Bertz CT molecular complexity index is 393. The molecule has 92 valence electrons. The molecule has 0 unspecified atom stereocenters. The van der Waals surface area contributed by atoms with Crippen molar-refractivity contribution in [1.82, 2.24) is 4.90 Å². The number of amides is 1. The first kappa shape index (κ1) is 13.0. The lowest BCUT2D eigenvalue weighted by Gasteiger charge is -2.14. The molecule has 0 radical (unpaired) electrons. The fourth-order valence-corrected chi connectivity index (χ4v) is 1.14. The van der Waals surface area contributed by atoms with Gasteiger partial charge in [0.15, 0.2) is 0 Å². The van der Waals surface area contributed by atoms with Gasteiger partial charge < -0.3 is 9.47 Å². The molecule has 0 aromatic heterocycles. The number of nitrogens with zero attached hydrogens (tertiary/aromatic N) is 1. The second-order valence-corrected chi connectivity index (χ2v) is 3.61. The molecule has 0 saturated heterocycles. The first-order valence-electron chi connectivity index (χ1n) is 5.18. The van der Waals surface area contributed by atoms with Gasteiger partial charge >= 0.3 is 12.1 Å². The summed E-state index contributed by atoms with van der Waals surface area (Å²) < 4.78 is 9.59. The fraction of sp³-hybridized carbons (Fsp3) is 0.333. The van der Waals surface area contributed by atoms with E-state index in [-0.39, 0.29) is 6.10 Å². The summed E-state index contributed by atoms with van der Waals surface area (Å²) in [6, 6.07) is 0. The van der Waals surface area contributed by atoms with Gasteiger partial charge in [0, 0.05) is 12.4 Å². The molecule has 1 rings (SSSR count). The highest BCUT2D eigenvalue weighted by molar-refractivity contribution is 5.92. The van der Waals surface area contributed by atoms with E-state index < -0.39 is 12.1 Å². The number of hydrogen-bond acceptors (Lipinski definition) is 4. The predicted octanol–water partition coefficient (Wildman–Crippen LogP) is 1.97. The lowest BCUT2D eigenvalue weighted by molar-refractivity contribution is -0.135. The van der Waals surface area contributed by atoms with Gasteiger partial charge in [-0.05, 0) is 32.1 Å². The SMILES string of the molecule is COC(=O)C1=CC=CN(C(=O)OC(C)C)C=C1. The zero-order valence-corrected chi connectivity index (χ0v) is 10.0. The van der Waals surface area contributed by atoms with E-state index in [4.69, 9.17) is 4.74 Å². The van der Waals surface area contributed by atoms with E-state index in [0.717, 1.165) is 0 Å². The van der Waals surface area contributed by atoms with Crippen LogP contribution in [-0.4, -0.2) is 30.2 Å². The highest BCUT2D eigenvalue weighted by Gasteiger charge is 2.14. The third-order valence-corrected chi connectivity index (χ3v) is 1.91. The van der Waals surface area contributed by atoms with Gasteiger partial charge in [-0.3, -0.25) is 4.90 Å². The highest BCUT2D eigenvalue weighted by Crippen LogP contribution is 2.09. The predicted molar refractivity (Wildman–Crippen MR) is 61.8 cm³/mol. The van der Waals surface area contributed by atoms with Crippen LogP contribution in [0.4, 0.5) is 4.79 Å². The maximum atomic E-state index is 11.6. The Morgan fingerprint density at radius 2 is 2.00 bits per heavy atom. The van der Waals surface area contributed by atoms with Crippen LogP contribution in [0.15, 0.2) is 36.2 Å². The number of rotatable bonds is 2. The van der Waals surface area contributed by atoms with Gasteiger partial charge in [0.25, 0.3) is 0 Å². The van der Waals surface area contributed by atoms with Crippen LogP contribution in [-0.2, 0) is 14.3 Å². The second-order valence-electron chi connectivity index (χ2n) is 3.61. The molecule has 5 nitrogen and oxygen atoms in total. The normalized spacial score (nSPS) is 14.4. The highest BCUT2D eigenvalue weighted by atomic mass is 16.6. The minimum atomic E-state index is -0.494. The Hall–Kier alpha value is -2.04. The van der Waals surface area contributed by atoms with Crippen molar-refractivity contribution in [2.45, 2.75) is 20.0 Å². The molecule has 0 aliphatic carbocycles. The average Bonchev–Trinajstić information content (AvgIpc) is 2.52. The molecule has 1 amide bonds. The summed E-state index contributed by atoms with van der Waals surface area (Å²) in [5.41, 5.74) is 0.364. The zero-order chi connectivity index (χ0) is 12.8. The van der Waals surface area contributed by atoms with Crippen molar-refractivity contribution in [3.63, 3.8) is 0 Å². The fourth-order valence-electron chi connectivity index (χ4n) is 1.14. The molecular weight excluding hydrogens is 222 g/mol. The molecule has 1 aliphatic heterocycles.